The van der Waals surface area contributed by atoms with E-state index in [0.717, 1.165) is 28.5 Å². The van der Waals surface area contributed by atoms with Gasteiger partial charge >= 0.3 is 0 Å². The second kappa shape index (κ2) is 8.24. The van der Waals surface area contributed by atoms with Gasteiger partial charge in [-0.15, -0.1) is 0 Å². The Morgan fingerprint density at radius 2 is 1.87 bits per heavy atom. The molecule has 1 aromatic heterocycles. The molecule has 0 saturated carbocycles. The number of benzene rings is 2. The minimum Gasteiger partial charge on any atom is -0.358 e. The van der Waals surface area contributed by atoms with Crippen LogP contribution in [0.25, 0.3) is 10.9 Å². The molecule has 0 radical (unpaired) electrons. The van der Waals surface area contributed by atoms with Crippen LogP contribution in [0.5, 0.6) is 0 Å². The van der Waals surface area contributed by atoms with Crippen molar-refractivity contribution in [3.63, 3.8) is 0 Å². The third-order valence-electron chi connectivity index (χ3n) is 5.72. The third-order valence-corrected chi connectivity index (χ3v) is 7.20. The van der Waals surface area contributed by atoms with E-state index in [1.54, 1.807) is 12.1 Å². The van der Waals surface area contributed by atoms with Crippen LogP contribution in [-0.2, 0) is 27.8 Å². The Bertz CT molecular complexity index is 1160. The summed E-state index contributed by atoms with van der Waals surface area (Å²) in [6.45, 7) is 5.41. The van der Waals surface area contributed by atoms with Gasteiger partial charge in [-0.2, -0.15) is 0 Å². The SMILES string of the molecule is CC(C)c1ccc(S(=O)(=O)NCCC(=O)N2CCc3[nH]c4ccccc4c3C2)cc1. The van der Waals surface area contributed by atoms with E-state index in [0.29, 0.717) is 19.0 Å². The lowest BCUT2D eigenvalue weighted by molar-refractivity contribution is -0.131. The highest BCUT2D eigenvalue weighted by atomic mass is 32.2. The van der Waals surface area contributed by atoms with Gasteiger partial charge in [0.2, 0.25) is 15.9 Å². The highest BCUT2D eigenvalue weighted by molar-refractivity contribution is 7.89. The maximum Gasteiger partial charge on any atom is 0.240 e. The van der Waals surface area contributed by atoms with Gasteiger partial charge in [0, 0.05) is 54.6 Å². The average molecular weight is 426 g/mol. The summed E-state index contributed by atoms with van der Waals surface area (Å²) in [5.41, 5.74) is 4.53. The van der Waals surface area contributed by atoms with Crippen LogP contribution in [0, 0.1) is 0 Å². The van der Waals surface area contributed by atoms with Crippen molar-refractivity contribution in [1.82, 2.24) is 14.6 Å². The lowest BCUT2D eigenvalue weighted by atomic mass is 10.0. The van der Waals surface area contributed by atoms with E-state index < -0.39 is 10.0 Å². The Kier molecular flexibility index (Phi) is 5.66. The van der Waals surface area contributed by atoms with Gasteiger partial charge in [-0.25, -0.2) is 13.1 Å². The van der Waals surface area contributed by atoms with E-state index in [1.807, 2.05) is 35.2 Å². The third kappa shape index (κ3) is 4.13. The van der Waals surface area contributed by atoms with E-state index >= 15 is 0 Å². The maximum absolute atomic E-state index is 12.7. The first-order chi connectivity index (χ1) is 14.3. The smallest absolute Gasteiger partial charge is 0.240 e. The monoisotopic (exact) mass is 425 g/mol. The van der Waals surface area contributed by atoms with Gasteiger partial charge in [0.05, 0.1) is 4.90 Å². The van der Waals surface area contributed by atoms with Crippen LogP contribution >= 0.6 is 0 Å². The number of aromatic amines is 1. The van der Waals surface area contributed by atoms with Crippen molar-refractivity contribution < 1.29 is 13.2 Å². The van der Waals surface area contributed by atoms with Gasteiger partial charge in [0.1, 0.15) is 0 Å². The minimum absolute atomic E-state index is 0.0382. The molecule has 6 nitrogen and oxygen atoms in total. The lowest BCUT2D eigenvalue weighted by Gasteiger charge is -2.27. The molecule has 2 N–H and O–H groups in total. The van der Waals surface area contributed by atoms with Gasteiger partial charge in [0.15, 0.2) is 0 Å². The fourth-order valence-corrected chi connectivity index (χ4v) is 4.98. The average Bonchev–Trinajstić information content (AvgIpc) is 3.11. The molecule has 30 heavy (non-hydrogen) atoms. The van der Waals surface area contributed by atoms with E-state index in [-0.39, 0.29) is 23.8 Å². The van der Waals surface area contributed by atoms with E-state index in [1.165, 1.54) is 5.69 Å². The standard InChI is InChI=1S/C23H27N3O3S/c1-16(2)17-7-9-18(10-8-17)30(28,29)24-13-11-23(27)26-14-12-22-20(15-26)19-5-3-4-6-21(19)25-22/h3-10,16,24-25H,11-15H2,1-2H3. The molecule has 2 heterocycles. The van der Waals surface area contributed by atoms with Crippen LogP contribution in [0.1, 0.15) is 43.0 Å². The molecule has 1 amide bonds. The van der Waals surface area contributed by atoms with E-state index in [9.17, 15) is 13.2 Å². The number of carbonyl (C=O) groups is 1. The Hall–Kier alpha value is -2.64. The van der Waals surface area contributed by atoms with Crippen molar-refractivity contribution in [2.24, 2.45) is 0 Å². The molecule has 1 aliphatic heterocycles. The summed E-state index contributed by atoms with van der Waals surface area (Å²) in [6, 6.07) is 15.0. The number of hydrogen-bond acceptors (Lipinski definition) is 3. The summed E-state index contributed by atoms with van der Waals surface area (Å²) >= 11 is 0. The molecule has 0 unspecified atom stereocenters. The molecule has 0 spiro atoms. The summed E-state index contributed by atoms with van der Waals surface area (Å²) in [5.74, 6) is 0.304. The maximum atomic E-state index is 12.7. The summed E-state index contributed by atoms with van der Waals surface area (Å²) in [7, 11) is -3.62. The second-order valence-electron chi connectivity index (χ2n) is 8.06. The van der Waals surface area contributed by atoms with Crippen LogP contribution in [0.15, 0.2) is 53.4 Å². The Morgan fingerprint density at radius 3 is 2.60 bits per heavy atom. The highest BCUT2D eigenvalue weighted by Crippen LogP contribution is 2.27. The number of carbonyl (C=O) groups excluding carboxylic acids is 1. The topological polar surface area (TPSA) is 82.3 Å². The van der Waals surface area contributed by atoms with Crippen LogP contribution in [0.3, 0.4) is 0 Å². The molecule has 0 fully saturated rings. The van der Waals surface area contributed by atoms with Crippen LogP contribution in [0.2, 0.25) is 0 Å². The molecule has 0 aliphatic carbocycles. The first-order valence-corrected chi connectivity index (χ1v) is 11.8. The van der Waals surface area contributed by atoms with Gasteiger partial charge in [-0.05, 0) is 29.7 Å². The first kappa shape index (κ1) is 20.6. The molecule has 0 saturated heterocycles. The number of sulfonamides is 1. The fraction of sp³-hybridized carbons (Fsp3) is 0.348. The second-order valence-corrected chi connectivity index (χ2v) is 9.83. The Balaban J connectivity index is 1.36. The molecule has 0 bridgehead atoms. The van der Waals surface area contributed by atoms with Crippen LogP contribution < -0.4 is 4.72 Å². The zero-order valence-corrected chi connectivity index (χ0v) is 18.1. The number of nitrogens with one attached hydrogen (secondary N) is 2. The van der Waals surface area contributed by atoms with Crippen LogP contribution in [-0.4, -0.2) is 37.3 Å². The number of H-pyrrole nitrogens is 1. The number of para-hydroxylation sites is 1. The Labute approximate surface area is 177 Å². The zero-order valence-electron chi connectivity index (χ0n) is 17.3. The molecule has 0 atom stereocenters. The van der Waals surface area contributed by atoms with Crippen molar-refractivity contribution in [3.05, 3.63) is 65.4 Å². The zero-order chi connectivity index (χ0) is 21.3. The molecular formula is C23H27N3O3S. The highest BCUT2D eigenvalue weighted by Gasteiger charge is 2.24. The number of fused-ring (bicyclic) bond motifs is 3. The minimum atomic E-state index is -3.62. The molecule has 158 valence electrons. The fourth-order valence-electron chi connectivity index (χ4n) is 3.95. The summed E-state index contributed by atoms with van der Waals surface area (Å²) < 4.78 is 27.6. The van der Waals surface area contributed by atoms with Crippen molar-refractivity contribution in [3.8, 4) is 0 Å². The lowest BCUT2D eigenvalue weighted by Crippen LogP contribution is -2.37. The summed E-state index contributed by atoms with van der Waals surface area (Å²) in [5, 5.41) is 1.15. The molecule has 7 heteroatoms. The summed E-state index contributed by atoms with van der Waals surface area (Å²) in [6.07, 6.45) is 0.921. The van der Waals surface area contributed by atoms with Gasteiger partial charge in [-0.1, -0.05) is 44.2 Å². The normalized spacial score (nSPS) is 14.3. The van der Waals surface area contributed by atoms with Gasteiger partial charge in [-0.3, -0.25) is 4.79 Å². The Morgan fingerprint density at radius 1 is 1.13 bits per heavy atom. The van der Waals surface area contributed by atoms with Crippen molar-refractivity contribution in [2.45, 2.75) is 44.0 Å². The van der Waals surface area contributed by atoms with Crippen LogP contribution in [0.4, 0.5) is 0 Å². The number of rotatable bonds is 6. The predicted octanol–water partition coefficient (Wildman–Crippen LogP) is 3.54. The van der Waals surface area contributed by atoms with Crippen molar-refractivity contribution in [1.29, 1.82) is 0 Å². The molecule has 2 aromatic carbocycles. The van der Waals surface area contributed by atoms with Gasteiger partial charge < -0.3 is 9.88 Å². The molecule has 3 aromatic rings. The molecule has 1 aliphatic rings. The molecule has 4 rings (SSSR count). The summed E-state index contributed by atoms with van der Waals surface area (Å²) in [4.78, 5) is 18.2. The number of nitrogens with zero attached hydrogens (tertiary/aromatic N) is 1. The number of aromatic nitrogens is 1. The quantitative estimate of drug-likeness (QED) is 0.634. The van der Waals surface area contributed by atoms with E-state index in [4.69, 9.17) is 0 Å². The number of amides is 1. The largest absolute Gasteiger partial charge is 0.358 e. The predicted molar refractivity (Wildman–Crippen MR) is 118 cm³/mol. The van der Waals surface area contributed by atoms with E-state index in [2.05, 4.69) is 29.6 Å². The first-order valence-electron chi connectivity index (χ1n) is 10.3. The number of hydrogen-bond donors (Lipinski definition) is 2. The molecular weight excluding hydrogens is 398 g/mol. The van der Waals surface area contributed by atoms with Crippen molar-refractivity contribution >= 4 is 26.8 Å². The van der Waals surface area contributed by atoms with Gasteiger partial charge in [0.25, 0.3) is 0 Å². The van der Waals surface area contributed by atoms with Crippen molar-refractivity contribution in [2.75, 3.05) is 13.1 Å².